The van der Waals surface area contributed by atoms with Crippen molar-refractivity contribution in [1.82, 2.24) is 10.5 Å². The Morgan fingerprint density at radius 2 is 1.50 bits per heavy atom. The highest BCUT2D eigenvalue weighted by Gasteiger charge is 2.33. The zero-order valence-corrected chi connectivity index (χ0v) is 27.4. The Balaban J connectivity index is 1.40. The molecule has 0 aliphatic rings. The van der Waals surface area contributed by atoms with Gasteiger partial charge in [0, 0.05) is 29.7 Å². The summed E-state index contributed by atoms with van der Waals surface area (Å²) in [5, 5.41) is 6.84. The van der Waals surface area contributed by atoms with Gasteiger partial charge in [-0.1, -0.05) is 105 Å². The molecule has 0 bridgehead atoms. The van der Waals surface area contributed by atoms with Gasteiger partial charge in [-0.2, -0.15) is 13.2 Å². The number of carbonyl (C=O) groups excluding carboxylic acids is 1. The van der Waals surface area contributed by atoms with Gasteiger partial charge in [0.05, 0.1) is 27.1 Å². The van der Waals surface area contributed by atoms with Crippen molar-refractivity contribution in [3.63, 3.8) is 0 Å². The Labute approximate surface area is 277 Å². The van der Waals surface area contributed by atoms with Crippen LogP contribution in [-0.4, -0.2) is 36.3 Å². The van der Waals surface area contributed by atoms with Crippen LogP contribution < -0.4 is 5.32 Å². The van der Waals surface area contributed by atoms with E-state index in [0.717, 1.165) is 22.8 Å². The molecule has 1 amide bonds. The third-order valence-corrected chi connectivity index (χ3v) is 8.78. The highest BCUT2D eigenvalue weighted by molar-refractivity contribution is 7.85. The molecule has 7 nitrogen and oxygen atoms in total. The van der Waals surface area contributed by atoms with E-state index in [9.17, 15) is 30.9 Å². The van der Waals surface area contributed by atoms with Gasteiger partial charge < -0.3 is 14.4 Å². The fourth-order valence-corrected chi connectivity index (χ4v) is 5.77. The number of alkyl halides is 3. The van der Waals surface area contributed by atoms with Crippen LogP contribution in [0.25, 0.3) is 22.5 Å². The van der Waals surface area contributed by atoms with E-state index in [0.29, 0.717) is 34.6 Å². The van der Waals surface area contributed by atoms with E-state index in [4.69, 9.17) is 4.52 Å². The van der Waals surface area contributed by atoms with Crippen LogP contribution in [0.1, 0.15) is 65.0 Å². The van der Waals surface area contributed by atoms with Crippen molar-refractivity contribution < 1.29 is 35.5 Å². The molecule has 5 aromatic rings. The third kappa shape index (κ3) is 8.59. The van der Waals surface area contributed by atoms with Crippen LogP contribution in [0.3, 0.4) is 0 Å². The summed E-state index contributed by atoms with van der Waals surface area (Å²) in [7, 11) is -4.44. The van der Waals surface area contributed by atoms with Crippen molar-refractivity contribution >= 4 is 16.0 Å². The molecule has 0 radical (unpaired) electrons. The van der Waals surface area contributed by atoms with E-state index < -0.39 is 33.5 Å². The molecule has 1 unspecified atom stereocenters. The van der Waals surface area contributed by atoms with E-state index in [1.165, 1.54) is 12.1 Å². The molecule has 1 aromatic heterocycles. The van der Waals surface area contributed by atoms with E-state index in [-0.39, 0.29) is 23.4 Å². The van der Waals surface area contributed by atoms with Crippen LogP contribution >= 0.6 is 0 Å². The summed E-state index contributed by atoms with van der Waals surface area (Å²) in [5.74, 6) is -0.962. The predicted molar refractivity (Wildman–Crippen MR) is 176 cm³/mol. The molecule has 48 heavy (non-hydrogen) atoms. The molecule has 0 aliphatic heterocycles. The number of amides is 1. The van der Waals surface area contributed by atoms with Crippen LogP contribution in [0, 0.1) is 0 Å². The number of halogens is 3. The summed E-state index contributed by atoms with van der Waals surface area (Å²) in [6.07, 6.45) is -3.98. The van der Waals surface area contributed by atoms with Gasteiger partial charge >= 0.3 is 6.18 Å². The Kier molecular flexibility index (Phi) is 9.93. The monoisotopic (exact) mass is 675 g/mol. The van der Waals surface area contributed by atoms with Crippen molar-refractivity contribution in [3.8, 4) is 22.5 Å². The van der Waals surface area contributed by atoms with Crippen molar-refractivity contribution in [2.24, 2.45) is 0 Å². The van der Waals surface area contributed by atoms with Crippen LogP contribution in [0.4, 0.5) is 13.2 Å². The highest BCUT2D eigenvalue weighted by Crippen LogP contribution is 2.38. The van der Waals surface area contributed by atoms with Crippen LogP contribution in [0.15, 0.2) is 108 Å². The van der Waals surface area contributed by atoms with E-state index in [1.807, 2.05) is 6.07 Å². The van der Waals surface area contributed by atoms with Crippen LogP contribution in [0.5, 0.6) is 0 Å². The molecule has 0 fully saturated rings. The van der Waals surface area contributed by atoms with Crippen molar-refractivity contribution in [3.05, 3.63) is 137 Å². The topological polar surface area (TPSA) is 112 Å². The molecule has 250 valence electrons. The minimum absolute atomic E-state index is 0.0455. The molecule has 0 aliphatic carbocycles. The highest BCUT2D eigenvalue weighted by atomic mass is 32.2. The lowest BCUT2D eigenvalue weighted by Gasteiger charge is -2.21. The molecule has 1 atom stereocenters. The number of rotatable bonds is 10. The summed E-state index contributed by atoms with van der Waals surface area (Å²) < 4.78 is 79.1. The quantitative estimate of drug-likeness (QED) is 0.150. The molecular formula is C37H34F3N2O5S-. The molecular weight excluding hydrogens is 641 g/mol. The largest absolute Gasteiger partial charge is 0.748 e. The van der Waals surface area contributed by atoms with Gasteiger partial charge in [0.25, 0.3) is 5.91 Å². The number of aromatic nitrogens is 1. The molecule has 0 saturated carbocycles. The average molecular weight is 676 g/mol. The number of carbonyl (C=O) groups is 1. The van der Waals surface area contributed by atoms with Crippen LogP contribution in [0.2, 0.25) is 0 Å². The summed E-state index contributed by atoms with van der Waals surface area (Å²) in [5.41, 5.74) is 4.45. The second-order valence-electron chi connectivity index (χ2n) is 12.6. The fourth-order valence-electron chi connectivity index (χ4n) is 5.41. The maximum Gasteiger partial charge on any atom is 0.417 e. The van der Waals surface area contributed by atoms with E-state index >= 15 is 0 Å². The summed E-state index contributed by atoms with van der Waals surface area (Å²) >= 11 is 0. The average Bonchev–Trinajstić information content (AvgIpc) is 3.53. The minimum atomic E-state index is -4.48. The first-order chi connectivity index (χ1) is 22.6. The molecule has 0 spiro atoms. The second-order valence-corrected chi connectivity index (χ2v) is 14.1. The zero-order chi connectivity index (χ0) is 34.7. The Hall–Kier alpha value is -4.74. The third-order valence-electron chi connectivity index (χ3n) is 8.07. The van der Waals surface area contributed by atoms with Gasteiger partial charge in [-0.3, -0.25) is 4.79 Å². The second kappa shape index (κ2) is 13.8. The first kappa shape index (κ1) is 34.6. The first-order valence-electron chi connectivity index (χ1n) is 15.2. The summed E-state index contributed by atoms with van der Waals surface area (Å²) in [6, 6.07) is 29.1. The SMILES string of the molecule is CC(C)(C)c1ccc(C(Cc2ccc(C(=O)NCCS(=O)(=O)[O-])cc2)c2cc(-c3ccc(-c4ccccc4C(F)(F)F)cc3)on2)cc1. The van der Waals surface area contributed by atoms with Crippen molar-refractivity contribution in [1.29, 1.82) is 0 Å². The van der Waals surface area contributed by atoms with Crippen molar-refractivity contribution in [2.75, 3.05) is 12.3 Å². The lowest BCUT2D eigenvalue weighted by molar-refractivity contribution is -0.137. The summed E-state index contributed by atoms with van der Waals surface area (Å²) in [4.78, 5) is 12.4. The number of nitrogens with zero attached hydrogens (tertiary/aromatic N) is 1. The zero-order valence-electron chi connectivity index (χ0n) is 26.5. The van der Waals surface area contributed by atoms with Crippen LogP contribution in [-0.2, 0) is 28.1 Å². The Morgan fingerprint density at radius 1 is 0.875 bits per heavy atom. The standard InChI is InChI=1S/C37H35F3N2O5S/c1-36(2,3)29-18-16-26(17-19-29)31(22-24-8-10-28(11-9-24)35(43)41-20-21-48(44,45)46)33-23-34(47-42-33)27-14-12-25(13-15-27)30-6-4-5-7-32(30)37(38,39)40/h4-19,23,31H,20-22H2,1-3H3,(H,41,43)(H,44,45,46)/p-1. The maximum atomic E-state index is 13.6. The Bertz CT molecular complexity index is 1980. The van der Waals surface area contributed by atoms with Crippen molar-refractivity contribution in [2.45, 2.75) is 44.7 Å². The Morgan fingerprint density at radius 3 is 2.10 bits per heavy atom. The van der Waals surface area contributed by atoms with Gasteiger partial charge in [0.15, 0.2) is 5.76 Å². The molecule has 4 aromatic carbocycles. The number of nitrogens with one attached hydrogen (secondary N) is 1. The predicted octanol–water partition coefficient (Wildman–Crippen LogP) is 7.97. The molecule has 1 N–H and O–H groups in total. The number of benzene rings is 4. The molecule has 5 rings (SSSR count). The first-order valence-corrected chi connectivity index (χ1v) is 16.8. The molecule has 1 heterocycles. The number of hydrogen-bond donors (Lipinski definition) is 1. The normalized spacial score (nSPS) is 12.9. The smallest absolute Gasteiger partial charge is 0.417 e. The van der Waals surface area contributed by atoms with Gasteiger partial charge in [-0.05, 0) is 57.9 Å². The lowest BCUT2D eigenvalue weighted by atomic mass is 9.83. The summed E-state index contributed by atoms with van der Waals surface area (Å²) in [6.45, 7) is 6.12. The van der Waals surface area contributed by atoms with Gasteiger partial charge in [0.1, 0.15) is 0 Å². The number of hydrogen-bond acceptors (Lipinski definition) is 6. The van der Waals surface area contributed by atoms with Gasteiger partial charge in [0.2, 0.25) is 0 Å². The van der Waals surface area contributed by atoms with Gasteiger partial charge in [-0.15, -0.1) is 0 Å². The molecule has 11 heteroatoms. The fraction of sp³-hybridized carbons (Fsp3) is 0.243. The molecule has 0 saturated heterocycles. The van der Waals surface area contributed by atoms with E-state index in [1.54, 1.807) is 54.6 Å². The van der Waals surface area contributed by atoms with E-state index in [2.05, 4.69) is 55.5 Å². The maximum absolute atomic E-state index is 13.6. The lowest BCUT2D eigenvalue weighted by Crippen LogP contribution is -2.28. The minimum Gasteiger partial charge on any atom is -0.748 e. The van der Waals surface area contributed by atoms with Gasteiger partial charge in [-0.25, -0.2) is 8.42 Å².